The van der Waals surface area contributed by atoms with E-state index < -0.39 is 0 Å². The average molecular weight is 583 g/mol. The monoisotopic (exact) mass is 582 g/mol. The summed E-state index contributed by atoms with van der Waals surface area (Å²) < 4.78 is 0. The highest BCUT2D eigenvalue weighted by Crippen LogP contribution is 2.28. The molecule has 0 aliphatic rings. The van der Waals surface area contributed by atoms with Crippen molar-refractivity contribution < 1.29 is 0 Å². The molecule has 0 amide bonds. The van der Waals surface area contributed by atoms with Gasteiger partial charge in [-0.2, -0.15) is 0 Å². The van der Waals surface area contributed by atoms with Gasteiger partial charge in [-0.1, -0.05) is 169 Å². The SMILES string of the molecule is C(#Cc1ccccc1-c1ccc(-c2ccccc2)cc1)c1ccc(C#Cc2ccccc2-c2ccc(-c3ccccc3)cc2)cc1. The molecule has 0 aromatic heterocycles. The van der Waals surface area contributed by atoms with E-state index in [9.17, 15) is 0 Å². The summed E-state index contributed by atoms with van der Waals surface area (Å²) in [4.78, 5) is 0. The molecule has 0 unspecified atom stereocenters. The van der Waals surface area contributed by atoms with Gasteiger partial charge in [0.2, 0.25) is 0 Å². The molecule has 0 aliphatic heterocycles. The highest BCUT2D eigenvalue weighted by atomic mass is 14.1. The molecule has 0 saturated heterocycles. The van der Waals surface area contributed by atoms with Crippen molar-refractivity contribution in [2.24, 2.45) is 0 Å². The first-order valence-electron chi connectivity index (χ1n) is 15.4. The van der Waals surface area contributed by atoms with Crippen LogP contribution in [0.4, 0.5) is 0 Å². The van der Waals surface area contributed by atoms with Gasteiger partial charge in [-0.25, -0.2) is 0 Å². The summed E-state index contributed by atoms with van der Waals surface area (Å²) in [6, 6.07) is 63.1. The summed E-state index contributed by atoms with van der Waals surface area (Å²) in [7, 11) is 0. The van der Waals surface area contributed by atoms with Crippen molar-refractivity contribution in [1.82, 2.24) is 0 Å². The number of hydrogen-bond donors (Lipinski definition) is 0. The molecule has 0 nitrogen and oxygen atoms in total. The topological polar surface area (TPSA) is 0 Å². The second kappa shape index (κ2) is 13.5. The molecule has 0 aliphatic carbocycles. The van der Waals surface area contributed by atoms with Crippen LogP contribution in [0.2, 0.25) is 0 Å². The van der Waals surface area contributed by atoms with Gasteiger partial charge < -0.3 is 0 Å². The van der Waals surface area contributed by atoms with Crippen LogP contribution in [0.1, 0.15) is 22.3 Å². The van der Waals surface area contributed by atoms with E-state index in [1.54, 1.807) is 0 Å². The lowest BCUT2D eigenvalue weighted by molar-refractivity contribution is 1.56. The van der Waals surface area contributed by atoms with Crippen molar-refractivity contribution in [2.75, 3.05) is 0 Å². The summed E-state index contributed by atoms with van der Waals surface area (Å²) in [5.41, 5.74) is 13.3. The Morgan fingerprint density at radius 3 is 0.913 bits per heavy atom. The zero-order chi connectivity index (χ0) is 31.0. The van der Waals surface area contributed by atoms with Gasteiger partial charge in [0, 0.05) is 22.3 Å². The first-order chi connectivity index (χ1) is 22.8. The molecular weight excluding hydrogens is 553 g/mol. The lowest BCUT2D eigenvalue weighted by Crippen LogP contribution is -1.86. The maximum absolute atomic E-state index is 3.41. The molecule has 7 aromatic rings. The Balaban J connectivity index is 1.08. The second-order valence-corrected chi connectivity index (χ2v) is 11.1. The Morgan fingerprint density at radius 1 is 0.217 bits per heavy atom. The Hall–Kier alpha value is -6.34. The lowest BCUT2D eigenvalue weighted by Gasteiger charge is -2.07. The van der Waals surface area contributed by atoms with Crippen LogP contribution in [0.15, 0.2) is 182 Å². The fraction of sp³-hybridized carbons (Fsp3) is 0. The van der Waals surface area contributed by atoms with Crippen LogP contribution in [0.25, 0.3) is 44.5 Å². The van der Waals surface area contributed by atoms with Crippen LogP contribution in [0, 0.1) is 23.7 Å². The largest absolute Gasteiger partial charge is 0.0622 e. The van der Waals surface area contributed by atoms with Crippen molar-refractivity contribution >= 4 is 0 Å². The third-order valence-corrected chi connectivity index (χ3v) is 8.03. The Kier molecular flexibility index (Phi) is 8.36. The van der Waals surface area contributed by atoms with Crippen LogP contribution in [0.5, 0.6) is 0 Å². The number of benzene rings is 7. The minimum atomic E-state index is 0.957. The Bertz CT molecular complexity index is 2040. The van der Waals surface area contributed by atoms with Gasteiger partial charge in [0.25, 0.3) is 0 Å². The van der Waals surface area contributed by atoms with Gasteiger partial charge in [-0.3, -0.25) is 0 Å². The van der Waals surface area contributed by atoms with Gasteiger partial charge in [0.15, 0.2) is 0 Å². The molecule has 7 rings (SSSR count). The molecule has 0 radical (unpaired) electrons. The van der Waals surface area contributed by atoms with E-state index in [2.05, 4.69) is 157 Å². The van der Waals surface area contributed by atoms with Crippen molar-refractivity contribution in [3.05, 3.63) is 204 Å². The highest BCUT2D eigenvalue weighted by Gasteiger charge is 2.06. The molecule has 7 aromatic carbocycles. The number of hydrogen-bond acceptors (Lipinski definition) is 0. The molecule has 0 fully saturated rings. The minimum absolute atomic E-state index is 0.957. The van der Waals surface area contributed by atoms with E-state index in [4.69, 9.17) is 0 Å². The number of rotatable bonds is 4. The smallest absolute Gasteiger partial charge is 0.0327 e. The molecular formula is C46H30. The fourth-order valence-corrected chi connectivity index (χ4v) is 5.55. The van der Waals surface area contributed by atoms with E-state index >= 15 is 0 Å². The summed E-state index contributed by atoms with van der Waals surface area (Å²) in [5, 5.41) is 0. The van der Waals surface area contributed by atoms with Gasteiger partial charge in [0.1, 0.15) is 0 Å². The van der Waals surface area contributed by atoms with Crippen LogP contribution in [0.3, 0.4) is 0 Å². The van der Waals surface area contributed by atoms with E-state index in [0.29, 0.717) is 0 Å². The van der Waals surface area contributed by atoms with Crippen molar-refractivity contribution in [3.8, 4) is 68.2 Å². The highest BCUT2D eigenvalue weighted by molar-refractivity contribution is 5.76. The zero-order valence-corrected chi connectivity index (χ0v) is 25.3. The summed E-state index contributed by atoms with van der Waals surface area (Å²) in [5.74, 6) is 13.5. The Labute approximate surface area is 271 Å². The third-order valence-electron chi connectivity index (χ3n) is 8.03. The second-order valence-electron chi connectivity index (χ2n) is 11.1. The summed E-state index contributed by atoms with van der Waals surface area (Å²) in [6.07, 6.45) is 0. The molecule has 0 saturated carbocycles. The van der Waals surface area contributed by atoms with Crippen molar-refractivity contribution in [2.45, 2.75) is 0 Å². The predicted molar refractivity (Wildman–Crippen MR) is 193 cm³/mol. The van der Waals surface area contributed by atoms with Crippen LogP contribution >= 0.6 is 0 Å². The molecule has 214 valence electrons. The average Bonchev–Trinajstić information content (AvgIpc) is 3.15. The molecule has 0 bridgehead atoms. The normalized spacial score (nSPS) is 10.3. The molecule has 0 N–H and O–H groups in total. The van der Waals surface area contributed by atoms with Crippen LogP contribution in [-0.2, 0) is 0 Å². The van der Waals surface area contributed by atoms with Gasteiger partial charge in [-0.15, -0.1) is 0 Å². The predicted octanol–water partition coefficient (Wildman–Crippen LogP) is 11.2. The maximum Gasteiger partial charge on any atom is 0.0327 e. The minimum Gasteiger partial charge on any atom is -0.0622 e. The summed E-state index contributed by atoms with van der Waals surface area (Å²) in [6.45, 7) is 0. The standard InChI is InChI=1S/C46H30/c1-3-11-37(12-4-1)39-27-31-43(32-28-39)45-17-9-7-15-41(45)25-23-35-19-21-36(22-20-35)24-26-42-16-8-10-18-46(42)44-33-29-40(30-34-44)38-13-5-2-6-14-38/h1-22,27-34H. The van der Waals surface area contributed by atoms with Gasteiger partial charge in [0.05, 0.1) is 0 Å². The first-order valence-corrected chi connectivity index (χ1v) is 15.4. The van der Waals surface area contributed by atoms with Gasteiger partial charge >= 0.3 is 0 Å². The quantitative estimate of drug-likeness (QED) is 0.181. The van der Waals surface area contributed by atoms with Crippen molar-refractivity contribution in [1.29, 1.82) is 0 Å². The zero-order valence-electron chi connectivity index (χ0n) is 25.3. The molecule has 46 heavy (non-hydrogen) atoms. The third kappa shape index (κ3) is 6.59. The molecule has 0 spiro atoms. The molecule has 0 heterocycles. The molecule has 0 atom stereocenters. The fourth-order valence-electron chi connectivity index (χ4n) is 5.55. The summed E-state index contributed by atoms with van der Waals surface area (Å²) >= 11 is 0. The van der Waals surface area contributed by atoms with E-state index in [1.165, 1.54) is 22.3 Å². The van der Waals surface area contributed by atoms with Crippen molar-refractivity contribution in [3.63, 3.8) is 0 Å². The molecule has 0 heteroatoms. The lowest BCUT2D eigenvalue weighted by atomic mass is 9.97. The van der Waals surface area contributed by atoms with E-state index in [-0.39, 0.29) is 0 Å². The maximum atomic E-state index is 3.41. The van der Waals surface area contributed by atoms with Crippen LogP contribution in [-0.4, -0.2) is 0 Å². The van der Waals surface area contributed by atoms with E-state index in [1.807, 2.05) is 48.5 Å². The van der Waals surface area contributed by atoms with Crippen LogP contribution < -0.4 is 0 Å². The van der Waals surface area contributed by atoms with Gasteiger partial charge in [-0.05, 0) is 80.9 Å². The first kappa shape index (κ1) is 28.4. The Morgan fingerprint density at radius 2 is 0.522 bits per heavy atom. The van der Waals surface area contributed by atoms with E-state index in [0.717, 1.165) is 44.5 Å².